The number of pyridine rings is 2. The molecule has 8 nitrogen and oxygen atoms in total. The first-order valence-corrected chi connectivity index (χ1v) is 10.6. The third kappa shape index (κ3) is 4.45. The topological polar surface area (TPSA) is 122 Å². The van der Waals surface area contributed by atoms with E-state index in [-0.39, 0.29) is 22.6 Å². The van der Waals surface area contributed by atoms with Crippen molar-refractivity contribution in [2.24, 2.45) is 5.14 Å². The first kappa shape index (κ1) is 21.8. The Morgan fingerprint density at radius 1 is 1.30 bits per heavy atom. The van der Waals surface area contributed by atoms with Crippen molar-refractivity contribution in [2.45, 2.75) is 6.42 Å². The van der Waals surface area contributed by atoms with Crippen molar-refractivity contribution in [3.8, 4) is 0 Å². The molecule has 11 heteroatoms. The lowest BCUT2D eigenvalue weighted by atomic mass is 10.1. The van der Waals surface area contributed by atoms with Crippen LogP contribution in [0.1, 0.15) is 21.5 Å². The average molecular weight is 454 g/mol. The maximum atomic E-state index is 14.2. The third-order valence-electron chi connectivity index (χ3n) is 4.44. The van der Waals surface area contributed by atoms with Crippen LogP contribution in [0, 0.1) is 5.82 Å². The van der Waals surface area contributed by atoms with Gasteiger partial charge in [-0.15, -0.1) is 0 Å². The van der Waals surface area contributed by atoms with Crippen LogP contribution < -0.4 is 15.6 Å². The molecule has 0 amide bonds. The molecule has 0 aliphatic rings. The van der Waals surface area contributed by atoms with E-state index in [2.05, 4.69) is 0 Å². The number of benzene rings is 1. The molecule has 0 spiro atoms. The molecule has 0 saturated heterocycles. The zero-order chi connectivity index (χ0) is 22.2. The fraction of sp³-hybridized carbons (Fsp3) is 0.158. The van der Waals surface area contributed by atoms with Gasteiger partial charge in [-0.3, -0.25) is 9.20 Å². The van der Waals surface area contributed by atoms with Crippen LogP contribution in [0.3, 0.4) is 0 Å². The lowest BCUT2D eigenvalue weighted by Crippen LogP contribution is -2.32. The first-order valence-electron chi connectivity index (χ1n) is 8.54. The van der Waals surface area contributed by atoms with E-state index in [4.69, 9.17) is 16.7 Å². The molecule has 0 radical (unpaired) electrons. The molecule has 0 unspecified atom stereocenters. The summed E-state index contributed by atoms with van der Waals surface area (Å²) in [6.07, 6.45) is 1.49. The zero-order valence-electron chi connectivity index (χ0n) is 15.7. The lowest BCUT2D eigenvalue weighted by molar-refractivity contribution is 0.0695. The zero-order valence-corrected chi connectivity index (χ0v) is 17.2. The van der Waals surface area contributed by atoms with Gasteiger partial charge in [-0.05, 0) is 29.3 Å². The molecular weight excluding hydrogens is 437 g/mol. The van der Waals surface area contributed by atoms with Gasteiger partial charge in [0.15, 0.2) is 0 Å². The van der Waals surface area contributed by atoms with Crippen molar-refractivity contribution < 1.29 is 22.7 Å². The molecule has 2 heterocycles. The highest BCUT2D eigenvalue weighted by molar-refractivity contribution is 7.89. The van der Waals surface area contributed by atoms with Crippen LogP contribution in [0.4, 0.5) is 10.1 Å². The fourth-order valence-corrected chi connectivity index (χ4v) is 4.00. The maximum Gasteiger partial charge on any atom is 0.341 e. The number of nitrogens with two attached hydrogens (primary N) is 1. The quantitative estimate of drug-likeness (QED) is 0.589. The van der Waals surface area contributed by atoms with Gasteiger partial charge in [-0.1, -0.05) is 29.8 Å². The van der Waals surface area contributed by atoms with Crippen LogP contribution in [0.2, 0.25) is 5.02 Å². The minimum absolute atomic E-state index is 0.0366. The summed E-state index contributed by atoms with van der Waals surface area (Å²) in [4.78, 5) is 25.5. The number of fused-ring (bicyclic) bond motifs is 1. The van der Waals surface area contributed by atoms with Crippen LogP contribution >= 0.6 is 11.6 Å². The number of primary sulfonamides is 1. The van der Waals surface area contributed by atoms with Gasteiger partial charge in [0, 0.05) is 19.7 Å². The molecular formula is C19H17ClFN3O5S. The van der Waals surface area contributed by atoms with Crippen LogP contribution in [0.5, 0.6) is 0 Å². The molecule has 2 aromatic heterocycles. The van der Waals surface area contributed by atoms with Crippen LogP contribution in [-0.4, -0.2) is 36.8 Å². The van der Waals surface area contributed by atoms with E-state index in [0.29, 0.717) is 11.1 Å². The van der Waals surface area contributed by atoms with Gasteiger partial charge in [-0.25, -0.2) is 22.7 Å². The Bertz CT molecular complexity index is 1320. The number of carbonyl (C=O) groups is 1. The van der Waals surface area contributed by atoms with Gasteiger partial charge in [0.2, 0.25) is 10.0 Å². The van der Waals surface area contributed by atoms with Gasteiger partial charge in [0.25, 0.3) is 5.56 Å². The third-order valence-corrected chi connectivity index (χ3v) is 5.48. The second-order valence-corrected chi connectivity index (χ2v) is 8.72. The van der Waals surface area contributed by atoms with Crippen molar-refractivity contribution in [3.05, 3.63) is 80.5 Å². The van der Waals surface area contributed by atoms with Gasteiger partial charge in [0.05, 0.1) is 16.2 Å². The van der Waals surface area contributed by atoms with Gasteiger partial charge in [-0.2, -0.15) is 0 Å². The molecule has 0 atom stereocenters. The second kappa shape index (κ2) is 8.05. The average Bonchev–Trinajstić information content (AvgIpc) is 2.64. The van der Waals surface area contributed by atoms with Crippen molar-refractivity contribution in [1.29, 1.82) is 0 Å². The number of hydrogen-bond donors (Lipinski definition) is 2. The first-order chi connectivity index (χ1) is 14.0. The van der Waals surface area contributed by atoms with Gasteiger partial charge >= 0.3 is 5.97 Å². The largest absolute Gasteiger partial charge is 0.477 e. The summed E-state index contributed by atoms with van der Waals surface area (Å²) in [5, 5.41) is 14.4. The Morgan fingerprint density at radius 2 is 2.00 bits per heavy atom. The molecule has 0 saturated carbocycles. The summed E-state index contributed by atoms with van der Waals surface area (Å²) in [7, 11) is -2.50. The summed E-state index contributed by atoms with van der Waals surface area (Å²) < 4.78 is 38.2. The highest BCUT2D eigenvalue weighted by Crippen LogP contribution is 2.24. The molecule has 0 aliphatic carbocycles. The standard InChI is InChI=1S/C19H17ClFN3O5S/c1-23(10-30(22,28)29)16-8-13(19(26)27)18(25)24-9-11(5-6-15(16)24)7-12-3-2-4-14(20)17(12)21/h2-6,8-9H,7,10H2,1H3,(H,26,27)(H2,22,28,29). The number of hydrogen-bond acceptors (Lipinski definition) is 5. The minimum atomic E-state index is -3.90. The van der Waals surface area contributed by atoms with E-state index in [1.54, 1.807) is 18.2 Å². The predicted molar refractivity (Wildman–Crippen MR) is 111 cm³/mol. The summed E-state index contributed by atoms with van der Waals surface area (Å²) in [5.41, 5.74) is -0.0780. The molecule has 0 bridgehead atoms. The minimum Gasteiger partial charge on any atom is -0.477 e. The summed E-state index contributed by atoms with van der Waals surface area (Å²) in [6, 6.07) is 8.81. The highest BCUT2D eigenvalue weighted by atomic mass is 35.5. The SMILES string of the molecule is CN(CS(N)(=O)=O)c1cc(C(=O)O)c(=O)n2cc(Cc3cccc(Cl)c3F)ccc12. The summed E-state index contributed by atoms with van der Waals surface area (Å²) >= 11 is 5.80. The summed E-state index contributed by atoms with van der Waals surface area (Å²) in [5.74, 6) is -2.64. The Kier molecular flexibility index (Phi) is 5.84. The molecule has 3 aromatic rings. The molecule has 0 aliphatic heterocycles. The number of rotatable bonds is 6. The molecule has 3 rings (SSSR count). The monoisotopic (exact) mass is 453 g/mol. The number of carboxylic acids is 1. The van der Waals surface area contributed by atoms with E-state index in [1.165, 1.54) is 30.3 Å². The van der Waals surface area contributed by atoms with Crippen molar-refractivity contribution in [1.82, 2.24) is 4.40 Å². The smallest absolute Gasteiger partial charge is 0.341 e. The number of sulfonamides is 1. The Hall–Kier alpha value is -2.95. The van der Waals surface area contributed by atoms with E-state index in [9.17, 15) is 27.5 Å². The van der Waals surface area contributed by atoms with Crippen LogP contribution in [-0.2, 0) is 16.4 Å². The second-order valence-electron chi connectivity index (χ2n) is 6.73. The maximum absolute atomic E-state index is 14.2. The van der Waals surface area contributed by atoms with Gasteiger partial charge < -0.3 is 10.0 Å². The predicted octanol–water partition coefficient (Wildman–Crippen LogP) is 2.06. The molecule has 158 valence electrons. The summed E-state index contributed by atoms with van der Waals surface area (Å²) in [6.45, 7) is 0. The number of anilines is 1. The van der Waals surface area contributed by atoms with Gasteiger partial charge in [0.1, 0.15) is 17.3 Å². The highest BCUT2D eigenvalue weighted by Gasteiger charge is 2.19. The normalized spacial score (nSPS) is 11.6. The van der Waals surface area contributed by atoms with E-state index >= 15 is 0 Å². The number of nitrogens with zero attached hydrogens (tertiary/aromatic N) is 2. The molecule has 30 heavy (non-hydrogen) atoms. The molecule has 0 fully saturated rings. The van der Waals surface area contributed by atoms with E-state index in [0.717, 1.165) is 10.5 Å². The number of aromatic nitrogens is 1. The number of halogens is 2. The lowest BCUT2D eigenvalue weighted by Gasteiger charge is -2.21. The Morgan fingerprint density at radius 3 is 2.63 bits per heavy atom. The van der Waals surface area contributed by atoms with Crippen LogP contribution in [0.25, 0.3) is 5.52 Å². The molecule has 3 N–H and O–H groups in total. The number of aromatic carboxylic acids is 1. The van der Waals surface area contributed by atoms with Crippen molar-refractivity contribution in [3.63, 3.8) is 0 Å². The Labute approximate surface area is 176 Å². The molecule has 1 aromatic carbocycles. The van der Waals surface area contributed by atoms with Crippen molar-refractivity contribution >= 4 is 38.8 Å². The fourth-order valence-electron chi connectivity index (χ4n) is 3.13. The van der Waals surface area contributed by atoms with Crippen molar-refractivity contribution in [2.75, 3.05) is 17.8 Å². The number of carboxylic acid groups (broad SMARTS) is 1. The van der Waals surface area contributed by atoms with E-state index < -0.39 is 38.8 Å². The Balaban J connectivity index is 2.18. The van der Waals surface area contributed by atoms with Crippen LogP contribution in [0.15, 0.2) is 47.4 Å². The van der Waals surface area contributed by atoms with E-state index in [1.807, 2.05) is 0 Å².